The molecule has 1 aromatic rings. The molecule has 7 heteroatoms. The number of halogens is 3. The van der Waals surface area contributed by atoms with E-state index >= 15 is 0 Å². The molecule has 4 N–H and O–H groups in total. The number of rotatable bonds is 2. The summed E-state index contributed by atoms with van der Waals surface area (Å²) >= 11 is 0. The summed E-state index contributed by atoms with van der Waals surface area (Å²) in [5.41, 5.74) is 9.53. The average Bonchev–Trinajstić information content (AvgIpc) is 2.83. The first-order chi connectivity index (χ1) is 7.38. The largest absolute Gasteiger partial charge is 0.421 e. The Morgan fingerprint density at radius 3 is 2.31 bits per heavy atom. The van der Waals surface area contributed by atoms with Gasteiger partial charge in [0, 0.05) is 0 Å². The van der Waals surface area contributed by atoms with Gasteiger partial charge in [-0.15, -0.1) is 0 Å². The van der Waals surface area contributed by atoms with Crippen LogP contribution in [0.2, 0.25) is 0 Å². The van der Waals surface area contributed by atoms with E-state index in [0.29, 0.717) is 0 Å². The quantitative estimate of drug-likeness (QED) is 0.812. The monoisotopic (exact) mass is 232 g/mol. The first-order valence-electron chi connectivity index (χ1n) is 4.87. The highest BCUT2D eigenvalue weighted by Gasteiger charge is 2.39. The van der Waals surface area contributed by atoms with Gasteiger partial charge < -0.3 is 11.5 Å². The van der Waals surface area contributed by atoms with Crippen LogP contribution in [0.3, 0.4) is 0 Å². The molecule has 0 aromatic carbocycles. The van der Waals surface area contributed by atoms with Crippen molar-refractivity contribution in [3.05, 3.63) is 11.3 Å². The fourth-order valence-electron chi connectivity index (χ4n) is 1.60. The summed E-state index contributed by atoms with van der Waals surface area (Å²) in [4.78, 5) is 7.00. The molecule has 2 rings (SSSR count). The van der Waals surface area contributed by atoms with E-state index in [2.05, 4.69) is 9.97 Å². The molecular weight excluding hydrogens is 221 g/mol. The Morgan fingerprint density at radius 2 is 1.81 bits per heavy atom. The summed E-state index contributed by atoms with van der Waals surface area (Å²) in [5.74, 6) is -0.522. The Labute approximate surface area is 89.9 Å². The molecule has 1 saturated carbocycles. The lowest BCUT2D eigenvalue weighted by Crippen LogP contribution is -2.17. The van der Waals surface area contributed by atoms with Crippen molar-refractivity contribution in [3.8, 4) is 0 Å². The molecule has 0 saturated heterocycles. The molecule has 0 radical (unpaired) electrons. The van der Waals surface area contributed by atoms with Crippen LogP contribution in [0.15, 0.2) is 0 Å². The van der Waals surface area contributed by atoms with E-state index in [4.69, 9.17) is 11.5 Å². The second-order valence-corrected chi connectivity index (χ2v) is 3.93. The Bertz CT molecular complexity index is 412. The van der Waals surface area contributed by atoms with Crippen LogP contribution >= 0.6 is 0 Å². The first kappa shape index (κ1) is 11.0. The molecule has 0 atom stereocenters. The Hall–Kier alpha value is -1.53. The van der Waals surface area contributed by atoms with Crippen LogP contribution in [0, 0.1) is 5.92 Å². The summed E-state index contributed by atoms with van der Waals surface area (Å²) in [6, 6.07) is 0. The van der Waals surface area contributed by atoms with Gasteiger partial charge in [0.15, 0.2) is 0 Å². The highest BCUT2D eigenvalue weighted by atomic mass is 19.4. The number of alkyl halides is 3. The number of anilines is 2. The van der Waals surface area contributed by atoms with Gasteiger partial charge in [-0.1, -0.05) is 0 Å². The lowest BCUT2D eigenvalue weighted by Gasteiger charge is -2.13. The third-order valence-electron chi connectivity index (χ3n) is 2.49. The molecule has 1 heterocycles. The number of nitrogens with zero attached hydrogens (tertiary/aromatic N) is 2. The zero-order valence-electron chi connectivity index (χ0n) is 8.38. The van der Waals surface area contributed by atoms with E-state index < -0.39 is 17.6 Å². The lowest BCUT2D eigenvalue weighted by atomic mass is 10.1. The van der Waals surface area contributed by atoms with Gasteiger partial charge in [0.05, 0.1) is 5.69 Å². The van der Waals surface area contributed by atoms with Gasteiger partial charge in [0.25, 0.3) is 0 Å². The van der Waals surface area contributed by atoms with Crippen LogP contribution in [0.1, 0.15) is 24.1 Å². The van der Waals surface area contributed by atoms with Crippen LogP contribution in [0.5, 0.6) is 0 Å². The molecule has 1 aromatic heterocycles. The SMILES string of the molecule is Nc1nc(N)c(C(F)(F)F)c(CC2CC2)n1. The molecule has 0 spiro atoms. The summed E-state index contributed by atoms with van der Waals surface area (Å²) in [6.45, 7) is 0. The number of nitrogen functional groups attached to an aromatic ring is 2. The molecule has 1 fully saturated rings. The average molecular weight is 232 g/mol. The Kier molecular flexibility index (Phi) is 2.40. The van der Waals surface area contributed by atoms with Crippen molar-refractivity contribution in [2.45, 2.75) is 25.4 Å². The molecule has 1 aliphatic carbocycles. The normalized spacial score (nSPS) is 16.4. The smallest absolute Gasteiger partial charge is 0.383 e. The third kappa shape index (κ3) is 2.17. The van der Waals surface area contributed by atoms with Gasteiger partial charge in [0.1, 0.15) is 11.4 Å². The van der Waals surface area contributed by atoms with Gasteiger partial charge in [-0.25, -0.2) is 4.98 Å². The van der Waals surface area contributed by atoms with E-state index in [1.54, 1.807) is 0 Å². The molecule has 88 valence electrons. The maximum absolute atomic E-state index is 12.7. The van der Waals surface area contributed by atoms with E-state index in [0.717, 1.165) is 12.8 Å². The minimum absolute atomic E-state index is 0.0833. The van der Waals surface area contributed by atoms with Gasteiger partial charge in [-0.3, -0.25) is 0 Å². The van der Waals surface area contributed by atoms with Crippen molar-refractivity contribution in [1.29, 1.82) is 0 Å². The fourth-order valence-corrected chi connectivity index (χ4v) is 1.60. The van der Waals surface area contributed by atoms with Crippen molar-refractivity contribution >= 4 is 11.8 Å². The number of nitrogens with two attached hydrogens (primary N) is 2. The van der Waals surface area contributed by atoms with Crippen molar-refractivity contribution in [2.75, 3.05) is 11.5 Å². The van der Waals surface area contributed by atoms with E-state index in [9.17, 15) is 13.2 Å². The van der Waals surface area contributed by atoms with Crippen LogP contribution in [0.25, 0.3) is 0 Å². The van der Waals surface area contributed by atoms with Crippen molar-refractivity contribution in [1.82, 2.24) is 9.97 Å². The molecule has 0 aliphatic heterocycles. The van der Waals surface area contributed by atoms with E-state index in [1.807, 2.05) is 0 Å². The molecule has 0 bridgehead atoms. The minimum atomic E-state index is -4.53. The van der Waals surface area contributed by atoms with Crippen LogP contribution in [-0.2, 0) is 12.6 Å². The van der Waals surface area contributed by atoms with Gasteiger partial charge >= 0.3 is 6.18 Å². The summed E-state index contributed by atoms with van der Waals surface area (Å²) in [7, 11) is 0. The fraction of sp³-hybridized carbons (Fsp3) is 0.556. The predicted molar refractivity (Wildman–Crippen MR) is 52.3 cm³/mol. The summed E-state index contributed by atoms with van der Waals surface area (Å²) < 4.78 is 38.1. The van der Waals surface area contributed by atoms with Crippen molar-refractivity contribution in [2.24, 2.45) is 5.92 Å². The number of aromatic nitrogens is 2. The highest BCUT2D eigenvalue weighted by Crippen LogP contribution is 2.39. The molecule has 0 amide bonds. The Morgan fingerprint density at radius 1 is 1.19 bits per heavy atom. The van der Waals surface area contributed by atoms with Gasteiger partial charge in [-0.2, -0.15) is 18.2 Å². The second-order valence-electron chi connectivity index (χ2n) is 3.93. The van der Waals surface area contributed by atoms with Gasteiger partial charge in [-0.05, 0) is 25.2 Å². The van der Waals surface area contributed by atoms with Crippen molar-refractivity contribution in [3.63, 3.8) is 0 Å². The van der Waals surface area contributed by atoms with E-state index in [-0.39, 0.29) is 24.0 Å². The zero-order valence-corrected chi connectivity index (χ0v) is 8.38. The highest BCUT2D eigenvalue weighted by molar-refractivity contribution is 5.48. The van der Waals surface area contributed by atoms with Crippen LogP contribution in [0.4, 0.5) is 24.9 Å². The van der Waals surface area contributed by atoms with Gasteiger partial charge in [0.2, 0.25) is 5.95 Å². The lowest BCUT2D eigenvalue weighted by molar-refractivity contribution is -0.138. The molecule has 0 unspecified atom stereocenters. The molecular formula is C9H11F3N4. The van der Waals surface area contributed by atoms with Crippen LogP contribution < -0.4 is 11.5 Å². The summed E-state index contributed by atoms with van der Waals surface area (Å²) in [5, 5.41) is 0. The molecule has 4 nitrogen and oxygen atoms in total. The topological polar surface area (TPSA) is 77.8 Å². The summed E-state index contributed by atoms with van der Waals surface area (Å²) in [6.07, 6.45) is -2.39. The maximum Gasteiger partial charge on any atom is 0.421 e. The number of hydrogen-bond acceptors (Lipinski definition) is 4. The first-order valence-corrected chi connectivity index (χ1v) is 4.87. The maximum atomic E-state index is 12.7. The van der Waals surface area contributed by atoms with Crippen LogP contribution in [-0.4, -0.2) is 9.97 Å². The number of hydrogen-bond donors (Lipinski definition) is 2. The molecule has 16 heavy (non-hydrogen) atoms. The Balaban J connectivity index is 2.45. The standard InChI is InChI=1S/C9H11F3N4/c10-9(11,12)6-5(3-4-1-2-4)15-8(14)16-7(6)13/h4H,1-3H2,(H4,13,14,15,16). The minimum Gasteiger partial charge on any atom is -0.383 e. The third-order valence-corrected chi connectivity index (χ3v) is 2.49. The van der Waals surface area contributed by atoms with E-state index in [1.165, 1.54) is 0 Å². The second kappa shape index (κ2) is 3.50. The zero-order chi connectivity index (χ0) is 11.9. The predicted octanol–water partition coefficient (Wildman–Crippen LogP) is 1.61. The molecule has 1 aliphatic rings. The van der Waals surface area contributed by atoms with Crippen molar-refractivity contribution < 1.29 is 13.2 Å².